The van der Waals surface area contributed by atoms with Crippen molar-refractivity contribution in [2.75, 3.05) is 5.32 Å². The van der Waals surface area contributed by atoms with Crippen LogP contribution in [0.2, 0.25) is 0 Å². The topological polar surface area (TPSA) is 139 Å². The summed E-state index contributed by atoms with van der Waals surface area (Å²) in [6.45, 7) is 4.74. The summed E-state index contributed by atoms with van der Waals surface area (Å²) in [5.41, 5.74) is 4.82. The zero-order chi connectivity index (χ0) is 25.5. The Labute approximate surface area is 206 Å². The van der Waals surface area contributed by atoms with E-state index in [9.17, 15) is 19.4 Å². The van der Waals surface area contributed by atoms with Gasteiger partial charge in [-0.3, -0.25) is 9.48 Å². The van der Waals surface area contributed by atoms with Crippen LogP contribution in [0.25, 0.3) is 0 Å². The van der Waals surface area contributed by atoms with E-state index in [1.54, 1.807) is 64.3 Å². The second-order valence-corrected chi connectivity index (χ2v) is 10.4. The van der Waals surface area contributed by atoms with Crippen LogP contribution in [0.5, 0.6) is 0 Å². The van der Waals surface area contributed by atoms with Crippen molar-refractivity contribution in [3.63, 3.8) is 0 Å². The first kappa shape index (κ1) is 24.8. The molecule has 1 amide bonds. The summed E-state index contributed by atoms with van der Waals surface area (Å²) in [6.07, 6.45) is 1.84. The molecule has 35 heavy (non-hydrogen) atoms. The minimum atomic E-state index is -1.50. The van der Waals surface area contributed by atoms with E-state index in [0.717, 1.165) is 0 Å². The van der Waals surface area contributed by atoms with Crippen molar-refractivity contribution in [1.82, 2.24) is 20.0 Å². The number of nitrogens with one attached hydrogen (secondary N) is 1. The monoisotopic (exact) mass is 498 g/mol. The van der Waals surface area contributed by atoms with Gasteiger partial charge in [0.2, 0.25) is 5.91 Å². The van der Waals surface area contributed by atoms with E-state index in [1.165, 1.54) is 22.5 Å². The molecule has 1 aromatic carbocycles. The van der Waals surface area contributed by atoms with Crippen molar-refractivity contribution in [3.8, 4) is 0 Å². The number of nitrogens with two attached hydrogens (primary N) is 1. The van der Waals surface area contributed by atoms with Crippen molar-refractivity contribution < 1.29 is 19.4 Å². The Morgan fingerprint density at radius 2 is 1.97 bits per heavy atom. The number of nitrogens with zero attached hydrogens (tertiary/aromatic N) is 4. The smallest absolute Gasteiger partial charge is 0.247 e. The second-order valence-electron chi connectivity index (χ2n) is 9.16. The predicted octanol–water partition coefficient (Wildman–Crippen LogP) is 2.82. The molecule has 2 unspecified atom stereocenters. The summed E-state index contributed by atoms with van der Waals surface area (Å²) in [7, 11) is 1.70. The quantitative estimate of drug-likeness (QED) is 0.390. The second kappa shape index (κ2) is 9.06. The van der Waals surface area contributed by atoms with Gasteiger partial charge in [0.1, 0.15) is 22.9 Å². The molecule has 0 radical (unpaired) electrons. The summed E-state index contributed by atoms with van der Waals surface area (Å²) in [5, 5.41) is 32.2. The number of amides is 1. The Bertz CT molecular complexity index is 1310. The number of primary amides is 1. The number of aromatic nitrogens is 4. The molecule has 1 aliphatic rings. The van der Waals surface area contributed by atoms with Gasteiger partial charge in [-0.05, 0) is 51.0 Å². The summed E-state index contributed by atoms with van der Waals surface area (Å²) < 4.78 is 16.4. The first-order chi connectivity index (χ1) is 16.4. The van der Waals surface area contributed by atoms with E-state index in [2.05, 4.69) is 20.6 Å². The lowest BCUT2D eigenvalue weighted by Gasteiger charge is -2.21. The predicted molar refractivity (Wildman–Crippen MR) is 130 cm³/mol. The van der Waals surface area contributed by atoms with Crippen molar-refractivity contribution in [2.45, 2.75) is 43.6 Å². The Kier molecular flexibility index (Phi) is 6.43. The molecule has 0 fully saturated rings. The minimum Gasteiger partial charge on any atom is -0.386 e. The zero-order valence-corrected chi connectivity index (χ0v) is 20.6. The highest BCUT2D eigenvalue weighted by molar-refractivity contribution is 8.03. The number of thioether (sulfide) groups is 1. The van der Waals surface area contributed by atoms with E-state index in [4.69, 9.17) is 5.73 Å². The van der Waals surface area contributed by atoms with Crippen molar-refractivity contribution in [1.29, 1.82) is 0 Å². The van der Waals surface area contributed by atoms with Crippen molar-refractivity contribution in [2.24, 2.45) is 12.8 Å². The maximum Gasteiger partial charge on any atom is 0.247 e. The number of halogens is 1. The molecule has 11 heteroatoms. The zero-order valence-electron chi connectivity index (χ0n) is 19.8. The highest BCUT2D eigenvalue weighted by Crippen LogP contribution is 2.48. The highest BCUT2D eigenvalue weighted by atomic mass is 32.2. The fourth-order valence-electron chi connectivity index (χ4n) is 3.79. The molecule has 5 N–H and O–H groups in total. The van der Waals surface area contributed by atoms with Crippen LogP contribution < -0.4 is 11.1 Å². The van der Waals surface area contributed by atoms with E-state index in [0.29, 0.717) is 38.9 Å². The molecule has 0 spiro atoms. The Balaban J connectivity index is 1.59. The van der Waals surface area contributed by atoms with Gasteiger partial charge in [-0.1, -0.05) is 35.2 Å². The van der Waals surface area contributed by atoms with Gasteiger partial charge in [0.15, 0.2) is 0 Å². The number of rotatable bonds is 7. The molecule has 3 heterocycles. The average molecular weight is 499 g/mol. The van der Waals surface area contributed by atoms with E-state index in [1.807, 2.05) is 0 Å². The lowest BCUT2D eigenvalue weighted by molar-refractivity contribution is -0.114. The van der Waals surface area contributed by atoms with Gasteiger partial charge in [0.05, 0.1) is 22.5 Å². The number of pyridine rings is 1. The molecule has 0 bridgehead atoms. The van der Waals surface area contributed by atoms with Gasteiger partial charge in [-0.15, -0.1) is 5.10 Å². The van der Waals surface area contributed by atoms with E-state index >= 15 is 0 Å². The van der Waals surface area contributed by atoms with Gasteiger partial charge in [-0.2, -0.15) is 0 Å². The van der Waals surface area contributed by atoms with Crippen LogP contribution in [0, 0.1) is 5.82 Å². The number of carbonyl (C=O) groups excluding carboxylic acids is 1. The molecular formula is C24H27FN6O3S. The first-order valence-electron chi connectivity index (χ1n) is 10.9. The molecule has 4 rings (SSSR count). The molecule has 0 saturated carbocycles. The fraction of sp³-hybridized carbons (Fsp3) is 0.333. The number of hydrogen-bond acceptors (Lipinski definition) is 8. The maximum atomic E-state index is 14.9. The summed E-state index contributed by atoms with van der Waals surface area (Å²) in [6, 6.07) is 9.67. The SMILES string of the molecule is Cn1cc(C(C)(O)c2cccc(NC3=C(C(N)=O)CC(c4ccc(C(C)(C)O)cc4F)S3)n2)nn1. The molecule has 0 saturated heterocycles. The van der Waals surface area contributed by atoms with Gasteiger partial charge in [0, 0.05) is 23.4 Å². The molecule has 2 atom stereocenters. The number of hydrogen-bond donors (Lipinski definition) is 4. The fourth-order valence-corrected chi connectivity index (χ4v) is 5.13. The lowest BCUT2D eigenvalue weighted by atomic mass is 9.95. The van der Waals surface area contributed by atoms with Crippen LogP contribution in [-0.2, 0) is 23.0 Å². The first-order valence-corrected chi connectivity index (χ1v) is 11.8. The number of aryl methyl sites for hydroxylation is 1. The molecule has 184 valence electrons. The normalized spacial score (nSPS) is 18.0. The molecular weight excluding hydrogens is 471 g/mol. The third-order valence-corrected chi connectivity index (χ3v) is 7.16. The standard InChI is InChI=1S/C24H27FN6O3S/c1-23(2,33)13-8-9-14(16(25)10-13)17-11-15(21(26)32)22(35-17)28-20-7-5-6-18(27-20)24(3,34)19-12-31(4)30-29-19/h5-10,12,17,33-34H,11H2,1-4H3,(H2,26,32)(H,27,28). The average Bonchev–Trinajstić information content (AvgIpc) is 3.40. The number of anilines is 1. The number of aliphatic hydroxyl groups is 2. The molecule has 3 aromatic rings. The molecule has 9 nitrogen and oxygen atoms in total. The van der Waals surface area contributed by atoms with E-state index in [-0.39, 0.29) is 11.7 Å². The van der Waals surface area contributed by atoms with Gasteiger partial charge in [0.25, 0.3) is 0 Å². The van der Waals surface area contributed by atoms with Crippen LogP contribution in [0.3, 0.4) is 0 Å². The summed E-state index contributed by atoms with van der Waals surface area (Å²) in [5.74, 6) is -0.697. The van der Waals surface area contributed by atoms with Crippen molar-refractivity contribution >= 4 is 23.5 Å². The lowest BCUT2D eigenvalue weighted by Crippen LogP contribution is -2.25. The van der Waals surface area contributed by atoms with Gasteiger partial charge < -0.3 is 21.3 Å². The summed E-state index contributed by atoms with van der Waals surface area (Å²) in [4.78, 5) is 16.7. The Morgan fingerprint density at radius 3 is 2.57 bits per heavy atom. The Hall–Kier alpha value is -3.28. The highest BCUT2D eigenvalue weighted by Gasteiger charge is 2.33. The van der Waals surface area contributed by atoms with Crippen LogP contribution >= 0.6 is 11.8 Å². The van der Waals surface area contributed by atoms with Crippen LogP contribution in [0.1, 0.15) is 55.0 Å². The minimum absolute atomic E-state index is 0.234. The maximum absolute atomic E-state index is 14.9. The molecule has 0 aliphatic carbocycles. The molecule has 1 aliphatic heterocycles. The third-order valence-electron chi connectivity index (χ3n) is 5.87. The van der Waals surface area contributed by atoms with Crippen LogP contribution in [0.4, 0.5) is 10.2 Å². The van der Waals surface area contributed by atoms with Gasteiger partial charge >= 0.3 is 0 Å². The number of benzene rings is 1. The van der Waals surface area contributed by atoms with E-state index < -0.39 is 22.9 Å². The van der Waals surface area contributed by atoms with Gasteiger partial charge in [-0.25, -0.2) is 9.37 Å². The van der Waals surface area contributed by atoms with Crippen LogP contribution in [-0.4, -0.2) is 36.1 Å². The largest absolute Gasteiger partial charge is 0.386 e. The third kappa shape index (κ3) is 5.07. The van der Waals surface area contributed by atoms with Crippen molar-refractivity contribution in [3.05, 3.63) is 81.5 Å². The summed E-state index contributed by atoms with van der Waals surface area (Å²) >= 11 is 1.27. The number of carbonyl (C=O) groups is 1. The van der Waals surface area contributed by atoms with Crippen LogP contribution in [0.15, 0.2) is 53.2 Å². The Morgan fingerprint density at radius 1 is 1.23 bits per heavy atom. The molecule has 2 aromatic heterocycles.